The van der Waals surface area contributed by atoms with Crippen molar-refractivity contribution in [1.29, 1.82) is 0 Å². The van der Waals surface area contributed by atoms with Gasteiger partial charge in [-0.25, -0.2) is 15.0 Å². The van der Waals surface area contributed by atoms with E-state index in [0.29, 0.717) is 22.5 Å². The molecule has 160 valence electrons. The van der Waals surface area contributed by atoms with E-state index in [0.717, 1.165) is 31.1 Å². The third-order valence-corrected chi connectivity index (χ3v) is 6.91. The number of nitrogens with zero attached hydrogens (tertiary/aromatic N) is 3. The van der Waals surface area contributed by atoms with Crippen LogP contribution in [0.15, 0.2) is 70.2 Å². The number of anilines is 2. The van der Waals surface area contributed by atoms with Gasteiger partial charge in [0.2, 0.25) is 0 Å². The van der Waals surface area contributed by atoms with Crippen LogP contribution < -0.4 is 14.8 Å². The first-order valence-electron chi connectivity index (χ1n) is 9.94. The molecule has 0 unspecified atom stereocenters. The Balaban J connectivity index is 1.61. The maximum atomic E-state index is 5.50. The molecule has 0 amide bonds. The van der Waals surface area contributed by atoms with E-state index in [1.165, 1.54) is 17.3 Å². The van der Waals surface area contributed by atoms with Gasteiger partial charge in [0, 0.05) is 17.1 Å². The summed E-state index contributed by atoms with van der Waals surface area (Å²) in [4.78, 5) is 14.3. The molecule has 0 radical (unpaired) electrons. The Kier molecular flexibility index (Phi) is 5.55. The number of benzene rings is 3. The van der Waals surface area contributed by atoms with Gasteiger partial charge in [-0.2, -0.15) is 0 Å². The summed E-state index contributed by atoms with van der Waals surface area (Å²) in [7, 11) is 3.24. The van der Waals surface area contributed by atoms with Gasteiger partial charge >= 0.3 is 0 Å². The maximum Gasteiger partial charge on any atom is 0.197 e. The number of aryl methyl sites for hydroxylation is 1. The van der Waals surface area contributed by atoms with Crippen LogP contribution in [-0.4, -0.2) is 29.2 Å². The highest BCUT2D eigenvalue weighted by Crippen LogP contribution is 2.38. The third kappa shape index (κ3) is 4.06. The minimum absolute atomic E-state index is 0.610. The molecule has 2 heterocycles. The first-order valence-corrected chi connectivity index (χ1v) is 11.6. The van der Waals surface area contributed by atoms with Crippen molar-refractivity contribution in [3.63, 3.8) is 0 Å². The van der Waals surface area contributed by atoms with Crippen LogP contribution in [-0.2, 0) is 0 Å². The predicted octanol–water partition coefficient (Wildman–Crippen LogP) is 6.46. The number of methoxy groups -OCH3 is 2. The summed E-state index contributed by atoms with van der Waals surface area (Å²) in [5.74, 6) is 1.95. The van der Waals surface area contributed by atoms with Crippen molar-refractivity contribution in [2.45, 2.75) is 16.4 Å². The van der Waals surface area contributed by atoms with E-state index in [-0.39, 0.29) is 0 Å². The molecule has 0 saturated heterocycles. The highest BCUT2D eigenvalue weighted by molar-refractivity contribution is 8.01. The van der Waals surface area contributed by atoms with E-state index < -0.39 is 0 Å². The van der Waals surface area contributed by atoms with E-state index in [1.54, 1.807) is 25.6 Å². The quantitative estimate of drug-likeness (QED) is 0.292. The van der Waals surface area contributed by atoms with Crippen LogP contribution >= 0.6 is 23.1 Å². The first-order chi connectivity index (χ1) is 15.6. The van der Waals surface area contributed by atoms with Crippen LogP contribution in [0.4, 0.5) is 11.5 Å². The van der Waals surface area contributed by atoms with E-state index in [2.05, 4.69) is 30.4 Å². The number of para-hydroxylation sites is 1. The van der Waals surface area contributed by atoms with E-state index in [9.17, 15) is 0 Å². The summed E-state index contributed by atoms with van der Waals surface area (Å²) in [6, 6.07) is 20.1. The van der Waals surface area contributed by atoms with Crippen LogP contribution in [0, 0.1) is 6.92 Å². The molecular weight excluding hydrogens is 440 g/mol. The smallest absolute Gasteiger partial charge is 0.197 e. The van der Waals surface area contributed by atoms with Gasteiger partial charge in [-0.15, -0.1) is 11.3 Å². The van der Waals surface area contributed by atoms with Crippen molar-refractivity contribution >= 4 is 55.7 Å². The molecule has 0 aliphatic carbocycles. The lowest BCUT2D eigenvalue weighted by Gasteiger charge is -2.13. The van der Waals surface area contributed by atoms with Crippen molar-refractivity contribution < 1.29 is 9.47 Å². The highest BCUT2D eigenvalue weighted by Gasteiger charge is 2.15. The SMILES string of the molecule is COc1cc2nc(Sc3nc4ccccc4s3)nc(Nc3ccc(C)cc3)c2cc1OC. The Hall–Kier alpha value is -3.36. The lowest BCUT2D eigenvalue weighted by molar-refractivity contribution is 0.355. The molecule has 6 nitrogen and oxygen atoms in total. The maximum absolute atomic E-state index is 5.50. The van der Waals surface area contributed by atoms with E-state index in [4.69, 9.17) is 24.4 Å². The summed E-state index contributed by atoms with van der Waals surface area (Å²) in [5.41, 5.74) is 3.88. The number of ether oxygens (including phenoxy) is 2. The largest absolute Gasteiger partial charge is 0.493 e. The van der Waals surface area contributed by atoms with Crippen LogP contribution in [0.1, 0.15) is 5.56 Å². The number of rotatable bonds is 6. The second-order valence-electron chi connectivity index (χ2n) is 7.12. The average Bonchev–Trinajstić information content (AvgIpc) is 3.22. The van der Waals surface area contributed by atoms with Gasteiger partial charge in [-0.05, 0) is 49.0 Å². The standard InChI is InChI=1S/C24H20N4O2S2/c1-14-8-10-15(11-9-14)25-22-16-12-19(29-2)20(30-3)13-18(16)26-23(28-22)32-24-27-17-6-4-5-7-21(17)31-24/h4-13H,1-3H3,(H,25,26,28). The molecular formula is C24H20N4O2S2. The molecule has 0 saturated carbocycles. The molecule has 8 heteroatoms. The van der Waals surface area contributed by atoms with Crippen molar-refractivity contribution in [3.05, 3.63) is 66.2 Å². The molecule has 0 bridgehead atoms. The normalized spacial score (nSPS) is 11.1. The third-order valence-electron chi connectivity index (χ3n) is 4.95. The summed E-state index contributed by atoms with van der Waals surface area (Å²) in [5, 5.41) is 4.89. The molecule has 0 spiro atoms. The zero-order chi connectivity index (χ0) is 22.1. The lowest BCUT2D eigenvalue weighted by Crippen LogP contribution is -2.00. The number of hydrogen-bond acceptors (Lipinski definition) is 8. The molecule has 3 aromatic carbocycles. The second-order valence-corrected chi connectivity index (χ2v) is 9.36. The summed E-state index contributed by atoms with van der Waals surface area (Å²) < 4.78 is 13.0. The fourth-order valence-electron chi connectivity index (χ4n) is 3.32. The minimum atomic E-state index is 0.610. The number of nitrogens with one attached hydrogen (secondary N) is 1. The Bertz CT molecular complexity index is 1380. The van der Waals surface area contributed by atoms with E-state index >= 15 is 0 Å². The number of hydrogen-bond donors (Lipinski definition) is 1. The monoisotopic (exact) mass is 460 g/mol. The second kappa shape index (κ2) is 8.64. The topological polar surface area (TPSA) is 69.2 Å². The molecule has 0 aliphatic rings. The minimum Gasteiger partial charge on any atom is -0.493 e. The Morgan fingerprint density at radius 3 is 2.34 bits per heavy atom. The lowest BCUT2D eigenvalue weighted by atomic mass is 10.2. The van der Waals surface area contributed by atoms with Gasteiger partial charge in [-0.1, -0.05) is 29.8 Å². The van der Waals surface area contributed by atoms with Crippen molar-refractivity contribution in [1.82, 2.24) is 15.0 Å². The molecule has 1 N–H and O–H groups in total. The molecule has 2 aromatic heterocycles. The van der Waals surface area contributed by atoms with Crippen LogP contribution in [0.2, 0.25) is 0 Å². The van der Waals surface area contributed by atoms with Gasteiger partial charge in [0.15, 0.2) is 21.0 Å². The molecule has 5 aromatic rings. The van der Waals surface area contributed by atoms with Crippen LogP contribution in [0.5, 0.6) is 11.5 Å². The fraction of sp³-hybridized carbons (Fsp3) is 0.125. The average molecular weight is 461 g/mol. The zero-order valence-corrected chi connectivity index (χ0v) is 19.4. The number of fused-ring (bicyclic) bond motifs is 2. The molecule has 0 aliphatic heterocycles. The number of thiazole rings is 1. The molecule has 5 rings (SSSR count). The fourth-order valence-corrected chi connectivity index (χ4v) is 5.26. The first kappa shape index (κ1) is 20.5. The summed E-state index contributed by atoms with van der Waals surface area (Å²) >= 11 is 3.08. The summed E-state index contributed by atoms with van der Waals surface area (Å²) in [6.45, 7) is 2.06. The van der Waals surface area contributed by atoms with Gasteiger partial charge in [0.05, 0.1) is 30.0 Å². The van der Waals surface area contributed by atoms with Crippen molar-refractivity contribution in [2.75, 3.05) is 19.5 Å². The van der Waals surface area contributed by atoms with Gasteiger partial charge < -0.3 is 14.8 Å². The number of aromatic nitrogens is 3. The van der Waals surface area contributed by atoms with Gasteiger partial charge in [0.1, 0.15) is 5.82 Å². The molecule has 0 fully saturated rings. The molecule has 32 heavy (non-hydrogen) atoms. The van der Waals surface area contributed by atoms with Crippen molar-refractivity contribution in [2.24, 2.45) is 0 Å². The predicted molar refractivity (Wildman–Crippen MR) is 131 cm³/mol. The summed E-state index contributed by atoms with van der Waals surface area (Å²) in [6.07, 6.45) is 0. The highest BCUT2D eigenvalue weighted by atomic mass is 32.2. The Labute approximate surface area is 193 Å². The molecule has 0 atom stereocenters. The van der Waals surface area contributed by atoms with Crippen LogP contribution in [0.25, 0.3) is 21.1 Å². The van der Waals surface area contributed by atoms with Gasteiger partial charge in [0.25, 0.3) is 0 Å². The van der Waals surface area contributed by atoms with E-state index in [1.807, 2.05) is 42.5 Å². The Morgan fingerprint density at radius 2 is 1.59 bits per heavy atom. The van der Waals surface area contributed by atoms with Gasteiger partial charge in [-0.3, -0.25) is 0 Å². The zero-order valence-electron chi connectivity index (χ0n) is 17.7. The van der Waals surface area contributed by atoms with Crippen LogP contribution in [0.3, 0.4) is 0 Å². The van der Waals surface area contributed by atoms with Crippen molar-refractivity contribution in [3.8, 4) is 11.5 Å². The Morgan fingerprint density at radius 1 is 0.844 bits per heavy atom.